The number of benzene rings is 2. The fourth-order valence-electron chi connectivity index (χ4n) is 4.56. The Bertz CT molecular complexity index is 1190. The van der Waals surface area contributed by atoms with Gasteiger partial charge in [-0.2, -0.15) is 0 Å². The fourth-order valence-corrected chi connectivity index (χ4v) is 4.56. The number of pyridine rings is 1. The van der Waals surface area contributed by atoms with E-state index in [2.05, 4.69) is 20.9 Å². The van der Waals surface area contributed by atoms with Gasteiger partial charge in [0.15, 0.2) is 0 Å². The first-order chi connectivity index (χ1) is 15.1. The average molecular weight is 418 g/mol. The van der Waals surface area contributed by atoms with Crippen LogP contribution in [0.2, 0.25) is 0 Å². The Hall–Kier alpha value is -2.96. The number of ether oxygens (including phenoxy) is 1. The van der Waals surface area contributed by atoms with Gasteiger partial charge in [0.05, 0.1) is 18.7 Å². The van der Waals surface area contributed by atoms with Crippen molar-refractivity contribution in [3.63, 3.8) is 0 Å². The molecule has 0 aliphatic carbocycles. The highest BCUT2D eigenvalue weighted by Gasteiger charge is 2.22. The van der Waals surface area contributed by atoms with E-state index in [9.17, 15) is 9.59 Å². The molecule has 2 aliphatic heterocycles. The number of carbonyl (C=O) groups is 1. The molecular weight excluding hydrogens is 390 g/mol. The maximum absolute atomic E-state index is 13.3. The molecule has 160 valence electrons. The maximum Gasteiger partial charge on any atom is 0.257 e. The molecule has 1 N–H and O–H groups in total. The van der Waals surface area contributed by atoms with Crippen molar-refractivity contribution in [2.24, 2.45) is 0 Å². The summed E-state index contributed by atoms with van der Waals surface area (Å²) in [6.45, 7) is 7.33. The van der Waals surface area contributed by atoms with Gasteiger partial charge < -0.3 is 14.6 Å². The lowest BCUT2D eigenvalue weighted by atomic mass is 10.0. The second kappa shape index (κ2) is 8.29. The van der Waals surface area contributed by atoms with Crippen LogP contribution in [-0.2, 0) is 30.8 Å². The van der Waals surface area contributed by atoms with Crippen molar-refractivity contribution in [3.05, 3.63) is 80.6 Å². The third-order valence-electron chi connectivity index (χ3n) is 6.26. The zero-order chi connectivity index (χ0) is 21.4. The molecule has 0 bridgehead atoms. The Balaban J connectivity index is 1.44. The standard InChI is InChI=1S/C25H27N3O3/c1-17-2-4-18(5-3-17)14-26-25(30)22-16-28-7-6-20-12-19(13-21(23(20)28)24(22)29)15-27-8-10-31-11-9-27/h2-5,12-13,16H,6-11,14-15H2,1H3,(H,26,30). The van der Waals surface area contributed by atoms with Crippen molar-refractivity contribution in [1.82, 2.24) is 14.8 Å². The highest BCUT2D eigenvalue weighted by atomic mass is 16.5. The summed E-state index contributed by atoms with van der Waals surface area (Å²) in [5, 5.41) is 3.57. The topological polar surface area (TPSA) is 63.6 Å². The maximum atomic E-state index is 13.3. The molecule has 6 heteroatoms. The molecule has 3 aromatic rings. The number of hydrogen-bond acceptors (Lipinski definition) is 4. The second-order valence-corrected chi connectivity index (χ2v) is 8.52. The number of rotatable bonds is 5. The number of aryl methyl sites for hydroxylation is 3. The summed E-state index contributed by atoms with van der Waals surface area (Å²) >= 11 is 0. The van der Waals surface area contributed by atoms with Crippen LogP contribution >= 0.6 is 0 Å². The first-order valence-electron chi connectivity index (χ1n) is 10.9. The number of morpholine rings is 1. The molecule has 0 atom stereocenters. The second-order valence-electron chi connectivity index (χ2n) is 8.52. The van der Waals surface area contributed by atoms with E-state index >= 15 is 0 Å². The molecular formula is C25H27N3O3. The largest absolute Gasteiger partial charge is 0.379 e. The Kier molecular flexibility index (Phi) is 5.34. The number of nitrogens with zero attached hydrogens (tertiary/aromatic N) is 2. The average Bonchev–Trinajstić information content (AvgIpc) is 3.19. The van der Waals surface area contributed by atoms with Gasteiger partial charge in [-0.3, -0.25) is 14.5 Å². The predicted molar refractivity (Wildman–Crippen MR) is 120 cm³/mol. The summed E-state index contributed by atoms with van der Waals surface area (Å²) in [6.07, 6.45) is 2.62. The normalized spacial score (nSPS) is 16.0. The highest BCUT2D eigenvalue weighted by molar-refractivity contribution is 5.98. The monoisotopic (exact) mass is 417 g/mol. The number of aromatic nitrogens is 1. The van der Waals surface area contributed by atoms with Crippen LogP contribution < -0.4 is 10.7 Å². The Morgan fingerprint density at radius 1 is 1.06 bits per heavy atom. The van der Waals surface area contributed by atoms with Gasteiger partial charge in [-0.15, -0.1) is 0 Å². The molecule has 0 radical (unpaired) electrons. The van der Waals surface area contributed by atoms with E-state index in [0.29, 0.717) is 11.9 Å². The van der Waals surface area contributed by atoms with E-state index in [0.717, 1.165) is 62.5 Å². The molecule has 31 heavy (non-hydrogen) atoms. The van der Waals surface area contributed by atoms with Gasteiger partial charge in [0.2, 0.25) is 5.43 Å². The van der Waals surface area contributed by atoms with Crippen LogP contribution in [0.1, 0.15) is 32.6 Å². The first-order valence-corrected chi connectivity index (χ1v) is 10.9. The van der Waals surface area contributed by atoms with Crippen LogP contribution in [0, 0.1) is 6.92 Å². The Morgan fingerprint density at radius 2 is 1.84 bits per heavy atom. The van der Waals surface area contributed by atoms with Gasteiger partial charge in [0.25, 0.3) is 5.91 Å². The number of amides is 1. The van der Waals surface area contributed by atoms with Crippen LogP contribution in [0.5, 0.6) is 0 Å². The van der Waals surface area contributed by atoms with Gasteiger partial charge >= 0.3 is 0 Å². The summed E-state index contributed by atoms with van der Waals surface area (Å²) < 4.78 is 7.50. The molecule has 1 fully saturated rings. The Morgan fingerprint density at radius 3 is 2.61 bits per heavy atom. The highest BCUT2D eigenvalue weighted by Crippen LogP contribution is 2.26. The van der Waals surface area contributed by atoms with Gasteiger partial charge in [0, 0.05) is 44.3 Å². The molecule has 1 aromatic heterocycles. The van der Waals surface area contributed by atoms with E-state index in [1.807, 2.05) is 37.3 Å². The molecule has 6 nitrogen and oxygen atoms in total. The molecule has 0 saturated carbocycles. The van der Waals surface area contributed by atoms with Crippen LogP contribution in [0.25, 0.3) is 10.9 Å². The van der Waals surface area contributed by atoms with Gasteiger partial charge in [0.1, 0.15) is 5.56 Å². The molecule has 2 aliphatic rings. The van der Waals surface area contributed by atoms with Crippen molar-refractivity contribution in [1.29, 1.82) is 0 Å². The molecule has 0 unspecified atom stereocenters. The molecule has 5 rings (SSSR count). The third kappa shape index (κ3) is 4.01. The SMILES string of the molecule is Cc1ccc(CNC(=O)c2cn3c4c(cc(CN5CCOCC5)cc4c2=O)CC3)cc1. The first kappa shape index (κ1) is 20.0. The number of carbonyl (C=O) groups excluding carboxylic acids is 1. The zero-order valence-electron chi connectivity index (χ0n) is 17.8. The number of nitrogens with one attached hydrogen (secondary N) is 1. The van der Waals surface area contributed by atoms with E-state index < -0.39 is 0 Å². The van der Waals surface area contributed by atoms with Crippen LogP contribution in [-0.4, -0.2) is 41.7 Å². The lowest BCUT2D eigenvalue weighted by molar-refractivity contribution is 0.0342. The molecule has 1 amide bonds. The zero-order valence-corrected chi connectivity index (χ0v) is 17.8. The smallest absolute Gasteiger partial charge is 0.257 e. The molecule has 2 aromatic carbocycles. The summed E-state index contributed by atoms with van der Waals surface area (Å²) in [4.78, 5) is 28.5. The minimum absolute atomic E-state index is 0.181. The van der Waals surface area contributed by atoms with Gasteiger partial charge in [-0.25, -0.2) is 0 Å². The Labute approximate surface area is 181 Å². The summed E-state index contributed by atoms with van der Waals surface area (Å²) in [6, 6.07) is 12.2. The minimum Gasteiger partial charge on any atom is -0.379 e. The van der Waals surface area contributed by atoms with Crippen LogP contribution in [0.4, 0.5) is 0 Å². The van der Waals surface area contributed by atoms with E-state index in [-0.39, 0.29) is 16.9 Å². The van der Waals surface area contributed by atoms with Crippen molar-refractivity contribution < 1.29 is 9.53 Å². The van der Waals surface area contributed by atoms with Crippen molar-refractivity contribution >= 4 is 16.8 Å². The summed E-state index contributed by atoms with van der Waals surface area (Å²) in [7, 11) is 0. The quantitative estimate of drug-likeness (QED) is 0.693. The summed E-state index contributed by atoms with van der Waals surface area (Å²) in [5.41, 5.74) is 5.53. The van der Waals surface area contributed by atoms with Crippen molar-refractivity contribution in [2.45, 2.75) is 33.0 Å². The molecule has 3 heterocycles. The van der Waals surface area contributed by atoms with Crippen molar-refractivity contribution in [3.8, 4) is 0 Å². The molecule has 0 spiro atoms. The summed E-state index contributed by atoms with van der Waals surface area (Å²) in [5.74, 6) is -0.316. The van der Waals surface area contributed by atoms with E-state index in [1.165, 1.54) is 11.1 Å². The third-order valence-corrected chi connectivity index (χ3v) is 6.26. The predicted octanol–water partition coefficient (Wildman–Crippen LogP) is 2.63. The van der Waals surface area contributed by atoms with E-state index in [1.54, 1.807) is 6.20 Å². The van der Waals surface area contributed by atoms with Gasteiger partial charge in [-0.05, 0) is 36.1 Å². The van der Waals surface area contributed by atoms with Crippen LogP contribution in [0.15, 0.2) is 47.4 Å². The number of hydrogen-bond donors (Lipinski definition) is 1. The minimum atomic E-state index is -0.316. The van der Waals surface area contributed by atoms with Crippen LogP contribution in [0.3, 0.4) is 0 Å². The lowest BCUT2D eigenvalue weighted by Crippen LogP contribution is -2.35. The van der Waals surface area contributed by atoms with E-state index in [4.69, 9.17) is 4.74 Å². The van der Waals surface area contributed by atoms with Crippen molar-refractivity contribution in [2.75, 3.05) is 26.3 Å². The molecule has 1 saturated heterocycles. The fraction of sp³-hybridized carbons (Fsp3) is 0.360. The van der Waals surface area contributed by atoms with Gasteiger partial charge in [-0.1, -0.05) is 35.9 Å². The lowest BCUT2D eigenvalue weighted by Gasteiger charge is -2.26.